The SMILES string of the molecule is CCNC(c1cc(C)cc(F)c1)C(C)(C)OCC. The number of rotatable bonds is 6. The van der Waals surface area contributed by atoms with Gasteiger partial charge < -0.3 is 10.1 Å². The van der Waals surface area contributed by atoms with Crippen molar-refractivity contribution < 1.29 is 9.13 Å². The molecule has 2 nitrogen and oxygen atoms in total. The van der Waals surface area contributed by atoms with E-state index in [0.717, 1.165) is 17.7 Å². The number of benzene rings is 1. The molecule has 1 unspecified atom stereocenters. The van der Waals surface area contributed by atoms with Crippen LogP contribution in [0.2, 0.25) is 0 Å². The molecule has 1 atom stereocenters. The second-order valence-corrected chi connectivity index (χ2v) is 5.09. The lowest BCUT2D eigenvalue weighted by molar-refractivity contribution is -0.0389. The third kappa shape index (κ3) is 3.79. The topological polar surface area (TPSA) is 21.3 Å². The highest BCUT2D eigenvalue weighted by atomic mass is 19.1. The van der Waals surface area contributed by atoms with Gasteiger partial charge in [-0.05, 0) is 57.5 Å². The highest BCUT2D eigenvalue weighted by Crippen LogP contribution is 2.30. The van der Waals surface area contributed by atoms with Crippen LogP contribution in [0.4, 0.5) is 4.39 Å². The van der Waals surface area contributed by atoms with Crippen LogP contribution in [0, 0.1) is 12.7 Å². The molecule has 0 fully saturated rings. The van der Waals surface area contributed by atoms with Crippen molar-refractivity contribution in [2.24, 2.45) is 0 Å². The molecular weight excluding hydrogens is 229 g/mol. The van der Waals surface area contributed by atoms with E-state index >= 15 is 0 Å². The first-order chi connectivity index (χ1) is 8.40. The van der Waals surface area contributed by atoms with Crippen molar-refractivity contribution in [1.29, 1.82) is 0 Å². The van der Waals surface area contributed by atoms with Gasteiger partial charge in [0.1, 0.15) is 5.82 Å². The van der Waals surface area contributed by atoms with E-state index in [-0.39, 0.29) is 17.5 Å². The summed E-state index contributed by atoms with van der Waals surface area (Å²) in [6.07, 6.45) is 0. The molecule has 1 aromatic carbocycles. The van der Waals surface area contributed by atoms with Gasteiger partial charge in [-0.3, -0.25) is 0 Å². The lowest BCUT2D eigenvalue weighted by Gasteiger charge is -2.35. The Bertz CT molecular complexity index is 370. The summed E-state index contributed by atoms with van der Waals surface area (Å²) >= 11 is 0. The van der Waals surface area contributed by atoms with E-state index < -0.39 is 0 Å². The molecule has 0 aliphatic carbocycles. The summed E-state index contributed by atoms with van der Waals surface area (Å²) in [5, 5.41) is 3.39. The highest BCUT2D eigenvalue weighted by Gasteiger charge is 2.31. The monoisotopic (exact) mass is 253 g/mol. The predicted octanol–water partition coefficient (Wildman–Crippen LogP) is 3.60. The third-order valence-corrected chi connectivity index (χ3v) is 3.02. The number of halogens is 1. The quantitative estimate of drug-likeness (QED) is 0.836. The first kappa shape index (κ1) is 15.1. The summed E-state index contributed by atoms with van der Waals surface area (Å²) in [5.74, 6) is -0.194. The van der Waals surface area contributed by atoms with Crippen molar-refractivity contribution in [2.45, 2.75) is 46.3 Å². The van der Waals surface area contributed by atoms with Crippen LogP contribution in [-0.4, -0.2) is 18.8 Å². The van der Waals surface area contributed by atoms with E-state index in [0.29, 0.717) is 6.61 Å². The van der Waals surface area contributed by atoms with Crippen LogP contribution < -0.4 is 5.32 Å². The van der Waals surface area contributed by atoms with Crippen LogP contribution in [0.3, 0.4) is 0 Å². The maximum atomic E-state index is 13.5. The van der Waals surface area contributed by atoms with Gasteiger partial charge in [-0.2, -0.15) is 0 Å². The molecule has 0 spiro atoms. The summed E-state index contributed by atoms with van der Waals surface area (Å²) in [7, 11) is 0. The zero-order valence-corrected chi connectivity index (χ0v) is 12.0. The number of ether oxygens (including phenoxy) is 1. The van der Waals surface area contributed by atoms with Crippen molar-refractivity contribution >= 4 is 0 Å². The van der Waals surface area contributed by atoms with Gasteiger partial charge in [0, 0.05) is 6.61 Å². The summed E-state index contributed by atoms with van der Waals surface area (Å²) in [5.41, 5.74) is 1.50. The molecule has 0 aliphatic heterocycles. The average molecular weight is 253 g/mol. The maximum Gasteiger partial charge on any atom is 0.123 e. The Hall–Kier alpha value is -0.930. The molecule has 3 heteroatoms. The fraction of sp³-hybridized carbons (Fsp3) is 0.600. The third-order valence-electron chi connectivity index (χ3n) is 3.02. The van der Waals surface area contributed by atoms with Gasteiger partial charge in [-0.1, -0.05) is 13.0 Å². The molecule has 0 radical (unpaired) electrons. The second-order valence-electron chi connectivity index (χ2n) is 5.09. The minimum Gasteiger partial charge on any atom is -0.374 e. The molecule has 0 bridgehead atoms. The number of likely N-dealkylation sites (N-methyl/N-ethyl adjacent to an activating group) is 1. The van der Waals surface area contributed by atoms with Gasteiger partial charge in [0.2, 0.25) is 0 Å². The van der Waals surface area contributed by atoms with Gasteiger partial charge in [0.15, 0.2) is 0 Å². The Morgan fingerprint density at radius 3 is 2.44 bits per heavy atom. The van der Waals surface area contributed by atoms with Gasteiger partial charge in [0.25, 0.3) is 0 Å². The molecule has 0 aromatic heterocycles. The van der Waals surface area contributed by atoms with E-state index in [1.54, 1.807) is 12.1 Å². The second kappa shape index (κ2) is 6.30. The molecule has 0 saturated carbocycles. The first-order valence-electron chi connectivity index (χ1n) is 6.55. The lowest BCUT2D eigenvalue weighted by atomic mass is 9.90. The molecule has 0 amide bonds. The molecule has 18 heavy (non-hydrogen) atoms. The van der Waals surface area contributed by atoms with Crippen molar-refractivity contribution in [3.05, 3.63) is 35.1 Å². The van der Waals surface area contributed by atoms with Crippen LogP contribution >= 0.6 is 0 Å². The van der Waals surface area contributed by atoms with Crippen LogP contribution in [0.5, 0.6) is 0 Å². The van der Waals surface area contributed by atoms with Crippen molar-refractivity contribution in [1.82, 2.24) is 5.32 Å². The molecule has 102 valence electrons. The Kier molecular flexibility index (Phi) is 5.29. The van der Waals surface area contributed by atoms with Crippen LogP contribution in [0.25, 0.3) is 0 Å². The molecule has 1 aromatic rings. The Morgan fingerprint density at radius 1 is 1.28 bits per heavy atom. The Balaban J connectivity index is 3.10. The summed E-state index contributed by atoms with van der Waals surface area (Å²) in [6, 6.07) is 5.12. The summed E-state index contributed by atoms with van der Waals surface area (Å²) < 4.78 is 19.3. The number of hydrogen-bond acceptors (Lipinski definition) is 2. The maximum absolute atomic E-state index is 13.5. The standard InChI is InChI=1S/C15H24FNO/c1-6-17-14(15(4,5)18-7-2)12-8-11(3)9-13(16)10-12/h8-10,14,17H,6-7H2,1-5H3. The lowest BCUT2D eigenvalue weighted by Crippen LogP contribution is -2.41. The van der Waals surface area contributed by atoms with E-state index in [9.17, 15) is 4.39 Å². The average Bonchev–Trinajstić information content (AvgIpc) is 2.24. The molecule has 1 N–H and O–H groups in total. The fourth-order valence-electron chi connectivity index (χ4n) is 2.36. The normalized spacial score (nSPS) is 13.7. The minimum absolute atomic E-state index is 0.0168. The zero-order chi connectivity index (χ0) is 13.8. The molecule has 0 heterocycles. The number of aryl methyl sites for hydroxylation is 1. The van der Waals surface area contributed by atoms with E-state index in [2.05, 4.69) is 5.32 Å². The van der Waals surface area contributed by atoms with Gasteiger partial charge in [0.05, 0.1) is 11.6 Å². The van der Waals surface area contributed by atoms with Gasteiger partial charge >= 0.3 is 0 Å². The molecule has 0 aliphatic rings. The fourth-order valence-corrected chi connectivity index (χ4v) is 2.36. The van der Waals surface area contributed by atoms with Crippen LogP contribution in [0.15, 0.2) is 18.2 Å². The summed E-state index contributed by atoms with van der Waals surface area (Å²) in [6.45, 7) is 11.4. The predicted molar refractivity (Wildman–Crippen MR) is 73.3 cm³/mol. The van der Waals surface area contributed by atoms with Gasteiger partial charge in [-0.25, -0.2) is 4.39 Å². The van der Waals surface area contributed by atoms with Crippen molar-refractivity contribution in [3.8, 4) is 0 Å². The van der Waals surface area contributed by atoms with Crippen LogP contribution in [0.1, 0.15) is 44.9 Å². The van der Waals surface area contributed by atoms with Crippen molar-refractivity contribution in [3.63, 3.8) is 0 Å². The molecular formula is C15H24FNO. The Morgan fingerprint density at radius 2 is 1.94 bits per heavy atom. The van der Waals surface area contributed by atoms with Gasteiger partial charge in [-0.15, -0.1) is 0 Å². The number of hydrogen-bond donors (Lipinski definition) is 1. The zero-order valence-electron chi connectivity index (χ0n) is 12.0. The minimum atomic E-state index is -0.370. The molecule has 1 rings (SSSR count). The van der Waals surface area contributed by atoms with Crippen molar-refractivity contribution in [2.75, 3.05) is 13.2 Å². The Labute approximate surface area is 110 Å². The van der Waals surface area contributed by atoms with Crippen LogP contribution in [-0.2, 0) is 4.74 Å². The van der Waals surface area contributed by atoms with E-state index in [4.69, 9.17) is 4.74 Å². The number of nitrogens with one attached hydrogen (secondary N) is 1. The van der Waals surface area contributed by atoms with E-state index in [1.807, 2.05) is 40.7 Å². The first-order valence-corrected chi connectivity index (χ1v) is 6.55. The smallest absolute Gasteiger partial charge is 0.123 e. The largest absolute Gasteiger partial charge is 0.374 e. The van der Waals surface area contributed by atoms with E-state index in [1.165, 1.54) is 0 Å². The summed E-state index contributed by atoms with van der Waals surface area (Å²) in [4.78, 5) is 0. The highest BCUT2D eigenvalue weighted by molar-refractivity contribution is 5.28. The molecule has 0 saturated heterocycles.